The molecule has 1 atom stereocenters. The summed E-state index contributed by atoms with van der Waals surface area (Å²) in [6.07, 6.45) is 2.81. The van der Waals surface area contributed by atoms with Gasteiger partial charge >= 0.3 is 0 Å². The summed E-state index contributed by atoms with van der Waals surface area (Å²) in [5.41, 5.74) is -0.311. The number of aliphatic hydroxyl groups excluding tert-OH is 1. The van der Waals surface area contributed by atoms with Crippen LogP contribution in [-0.2, 0) is 4.79 Å². The lowest BCUT2D eigenvalue weighted by atomic mass is 9.78. The Morgan fingerprint density at radius 1 is 1.33 bits per heavy atom. The van der Waals surface area contributed by atoms with Gasteiger partial charge in [0.25, 0.3) is 0 Å². The molecule has 7 heteroatoms. The average Bonchev–Trinajstić information content (AvgIpc) is 3.19. The van der Waals surface area contributed by atoms with Crippen LogP contribution in [0.25, 0.3) is 10.2 Å². The fourth-order valence-electron chi connectivity index (χ4n) is 4.10. The van der Waals surface area contributed by atoms with Crippen molar-refractivity contribution in [3.05, 3.63) is 17.3 Å². The minimum Gasteiger partial charge on any atom is -0.395 e. The van der Waals surface area contributed by atoms with Crippen LogP contribution in [0.4, 0.5) is 5.82 Å². The van der Waals surface area contributed by atoms with Gasteiger partial charge < -0.3 is 14.9 Å². The molecule has 1 N–H and O–H groups in total. The molecule has 2 aliphatic rings. The van der Waals surface area contributed by atoms with Crippen molar-refractivity contribution in [1.82, 2.24) is 14.9 Å². The molecular weight excluding hydrogens is 324 g/mol. The molecule has 2 saturated heterocycles. The highest BCUT2D eigenvalue weighted by Crippen LogP contribution is 2.42. The molecule has 2 aromatic heterocycles. The van der Waals surface area contributed by atoms with Gasteiger partial charge in [-0.2, -0.15) is 0 Å². The summed E-state index contributed by atoms with van der Waals surface area (Å²) >= 11 is 1.63. The Morgan fingerprint density at radius 3 is 3.04 bits per heavy atom. The molecule has 1 amide bonds. The molecule has 0 unspecified atom stereocenters. The quantitative estimate of drug-likeness (QED) is 0.918. The Hall–Kier alpha value is -1.73. The minimum atomic E-state index is -0.311. The number of aromatic nitrogens is 2. The number of piperidine rings is 1. The molecule has 4 rings (SSSR count). The summed E-state index contributed by atoms with van der Waals surface area (Å²) in [5.74, 6) is 1.94. The van der Waals surface area contributed by atoms with Gasteiger partial charge in [0.2, 0.25) is 5.91 Å². The predicted octanol–water partition coefficient (Wildman–Crippen LogP) is 1.81. The van der Waals surface area contributed by atoms with Crippen LogP contribution in [0.15, 0.2) is 11.4 Å². The summed E-state index contributed by atoms with van der Waals surface area (Å²) < 4.78 is 0. The molecule has 2 aromatic rings. The SMILES string of the molecule is Cc1nc(N2CC[C@@]3(CCCN(CCO)C3=O)C2)c2ccsc2n1. The average molecular weight is 346 g/mol. The van der Waals surface area contributed by atoms with Crippen molar-refractivity contribution < 1.29 is 9.90 Å². The van der Waals surface area contributed by atoms with Crippen molar-refractivity contribution in [1.29, 1.82) is 0 Å². The second-order valence-corrected chi connectivity index (χ2v) is 7.70. The molecule has 2 fully saturated rings. The number of aryl methyl sites for hydroxylation is 1. The topological polar surface area (TPSA) is 69.6 Å². The lowest BCUT2D eigenvalue weighted by Gasteiger charge is -2.39. The first-order chi connectivity index (χ1) is 11.6. The van der Waals surface area contributed by atoms with Crippen LogP contribution < -0.4 is 4.90 Å². The van der Waals surface area contributed by atoms with E-state index >= 15 is 0 Å². The zero-order valence-electron chi connectivity index (χ0n) is 13.9. The number of fused-ring (bicyclic) bond motifs is 1. The highest BCUT2D eigenvalue weighted by Gasteiger charge is 2.48. The van der Waals surface area contributed by atoms with Crippen LogP contribution in [0.1, 0.15) is 25.1 Å². The van der Waals surface area contributed by atoms with E-state index in [0.29, 0.717) is 6.54 Å². The number of rotatable bonds is 3. The van der Waals surface area contributed by atoms with Crippen LogP contribution >= 0.6 is 11.3 Å². The van der Waals surface area contributed by atoms with Gasteiger partial charge in [0, 0.05) is 26.2 Å². The van der Waals surface area contributed by atoms with Gasteiger partial charge in [-0.05, 0) is 37.6 Å². The standard InChI is InChI=1S/C17H22N4O2S/c1-12-18-14(13-3-10-24-15(13)19-12)21-7-5-17(11-21)4-2-6-20(8-9-22)16(17)23/h3,10,22H,2,4-9,11H2,1H3/t17-/m0/s1. The number of anilines is 1. The summed E-state index contributed by atoms with van der Waals surface area (Å²) in [7, 11) is 0. The molecule has 2 aliphatic heterocycles. The number of carbonyl (C=O) groups is 1. The van der Waals surface area contributed by atoms with E-state index in [1.165, 1.54) is 0 Å². The van der Waals surface area contributed by atoms with Crippen molar-refractivity contribution in [2.24, 2.45) is 5.41 Å². The second kappa shape index (κ2) is 5.97. The largest absolute Gasteiger partial charge is 0.395 e. The number of hydrogen-bond donors (Lipinski definition) is 1. The van der Waals surface area contributed by atoms with Crippen molar-refractivity contribution >= 4 is 33.3 Å². The van der Waals surface area contributed by atoms with E-state index in [1.807, 2.05) is 17.2 Å². The van der Waals surface area contributed by atoms with E-state index in [1.54, 1.807) is 11.3 Å². The number of aliphatic hydroxyl groups is 1. The molecule has 4 heterocycles. The molecule has 0 aliphatic carbocycles. The van der Waals surface area contributed by atoms with Crippen molar-refractivity contribution in [2.75, 3.05) is 37.7 Å². The Morgan fingerprint density at radius 2 is 2.21 bits per heavy atom. The summed E-state index contributed by atoms with van der Waals surface area (Å²) in [5, 5.41) is 12.3. The summed E-state index contributed by atoms with van der Waals surface area (Å²) in [4.78, 5) is 27.2. The third-order valence-corrected chi connectivity index (χ3v) is 6.07. The van der Waals surface area contributed by atoms with E-state index in [2.05, 4.69) is 20.9 Å². The van der Waals surface area contributed by atoms with Gasteiger partial charge in [-0.25, -0.2) is 9.97 Å². The third kappa shape index (κ3) is 2.46. The normalized spacial score (nSPS) is 24.5. The number of amides is 1. The Balaban J connectivity index is 1.64. The second-order valence-electron chi connectivity index (χ2n) is 6.81. The smallest absolute Gasteiger partial charge is 0.230 e. The van der Waals surface area contributed by atoms with Gasteiger partial charge in [0.15, 0.2) is 0 Å². The molecule has 0 radical (unpaired) electrons. The highest BCUT2D eigenvalue weighted by atomic mass is 32.1. The van der Waals surface area contributed by atoms with E-state index in [4.69, 9.17) is 0 Å². The highest BCUT2D eigenvalue weighted by molar-refractivity contribution is 7.16. The molecule has 128 valence electrons. The van der Waals surface area contributed by atoms with Crippen LogP contribution in [0.5, 0.6) is 0 Å². The number of carbonyl (C=O) groups excluding carboxylic acids is 1. The molecule has 0 bridgehead atoms. The fraction of sp³-hybridized carbons (Fsp3) is 0.588. The number of likely N-dealkylation sites (tertiary alicyclic amines) is 1. The first-order valence-electron chi connectivity index (χ1n) is 8.50. The number of thiophene rings is 1. The van der Waals surface area contributed by atoms with E-state index in [9.17, 15) is 9.90 Å². The number of β-amino-alcohol motifs (C(OH)–C–C–N with tert-alkyl or cyclic N) is 1. The van der Waals surface area contributed by atoms with Crippen LogP contribution in [0.2, 0.25) is 0 Å². The molecule has 6 nitrogen and oxygen atoms in total. The fourth-order valence-corrected chi connectivity index (χ4v) is 4.91. The Bertz CT molecular complexity index is 775. The van der Waals surface area contributed by atoms with Gasteiger partial charge in [-0.15, -0.1) is 11.3 Å². The molecule has 0 saturated carbocycles. The van der Waals surface area contributed by atoms with E-state index < -0.39 is 0 Å². The van der Waals surface area contributed by atoms with Crippen LogP contribution in [0.3, 0.4) is 0 Å². The summed E-state index contributed by atoms with van der Waals surface area (Å²) in [6, 6.07) is 2.07. The van der Waals surface area contributed by atoms with Crippen LogP contribution in [-0.4, -0.2) is 58.7 Å². The van der Waals surface area contributed by atoms with Crippen molar-refractivity contribution in [2.45, 2.75) is 26.2 Å². The number of nitrogens with zero attached hydrogens (tertiary/aromatic N) is 4. The Labute approximate surface area is 145 Å². The minimum absolute atomic E-state index is 0.0339. The van der Waals surface area contributed by atoms with Gasteiger partial charge in [-0.1, -0.05) is 0 Å². The van der Waals surface area contributed by atoms with E-state index in [-0.39, 0.29) is 17.9 Å². The van der Waals surface area contributed by atoms with Gasteiger partial charge in [-0.3, -0.25) is 4.79 Å². The maximum atomic E-state index is 13.0. The first-order valence-corrected chi connectivity index (χ1v) is 9.38. The predicted molar refractivity (Wildman–Crippen MR) is 94.3 cm³/mol. The summed E-state index contributed by atoms with van der Waals surface area (Å²) in [6.45, 7) is 4.73. The zero-order valence-corrected chi connectivity index (χ0v) is 14.7. The van der Waals surface area contributed by atoms with Crippen molar-refractivity contribution in [3.8, 4) is 0 Å². The van der Waals surface area contributed by atoms with Gasteiger partial charge in [0.05, 0.1) is 17.4 Å². The monoisotopic (exact) mass is 346 g/mol. The molecular formula is C17H22N4O2S. The lowest BCUT2D eigenvalue weighted by molar-refractivity contribution is -0.145. The Kier molecular flexibility index (Phi) is 3.92. The van der Waals surface area contributed by atoms with Crippen LogP contribution in [0, 0.1) is 12.3 Å². The van der Waals surface area contributed by atoms with E-state index in [0.717, 1.165) is 60.8 Å². The maximum absolute atomic E-state index is 13.0. The molecule has 24 heavy (non-hydrogen) atoms. The number of hydrogen-bond acceptors (Lipinski definition) is 6. The first kappa shape index (κ1) is 15.8. The van der Waals surface area contributed by atoms with Gasteiger partial charge in [0.1, 0.15) is 16.5 Å². The lowest BCUT2D eigenvalue weighted by Crippen LogP contribution is -2.50. The van der Waals surface area contributed by atoms with Crippen molar-refractivity contribution in [3.63, 3.8) is 0 Å². The third-order valence-electron chi connectivity index (χ3n) is 5.26. The maximum Gasteiger partial charge on any atom is 0.230 e. The zero-order chi connectivity index (χ0) is 16.7. The molecule has 0 aromatic carbocycles. The molecule has 1 spiro atoms.